The maximum absolute atomic E-state index is 12.2. The number of nitrogens with zero attached hydrogens (tertiary/aromatic N) is 1. The Hall–Kier alpha value is -1.55. The SMILES string of the molecule is COc1cccc(C(=O)N2CCC(CO)C2)c1. The van der Waals surface area contributed by atoms with Gasteiger partial charge in [-0.3, -0.25) is 4.79 Å². The van der Waals surface area contributed by atoms with E-state index in [4.69, 9.17) is 9.84 Å². The Morgan fingerprint density at radius 2 is 2.41 bits per heavy atom. The van der Waals surface area contributed by atoms with Crippen molar-refractivity contribution in [2.45, 2.75) is 6.42 Å². The smallest absolute Gasteiger partial charge is 0.253 e. The molecular weight excluding hydrogens is 218 g/mol. The first-order valence-electron chi connectivity index (χ1n) is 5.78. The van der Waals surface area contributed by atoms with Crippen LogP contribution in [0, 0.1) is 5.92 Å². The Morgan fingerprint density at radius 3 is 3.06 bits per heavy atom. The molecule has 0 spiro atoms. The van der Waals surface area contributed by atoms with E-state index in [2.05, 4.69) is 0 Å². The van der Waals surface area contributed by atoms with E-state index in [9.17, 15) is 4.79 Å². The fraction of sp³-hybridized carbons (Fsp3) is 0.462. The van der Waals surface area contributed by atoms with Crippen LogP contribution in [0.1, 0.15) is 16.8 Å². The lowest BCUT2D eigenvalue weighted by Crippen LogP contribution is -2.29. The van der Waals surface area contributed by atoms with Gasteiger partial charge in [-0.05, 0) is 24.6 Å². The topological polar surface area (TPSA) is 49.8 Å². The number of carbonyl (C=O) groups excluding carboxylic acids is 1. The summed E-state index contributed by atoms with van der Waals surface area (Å²) in [5.41, 5.74) is 0.642. The number of hydrogen-bond acceptors (Lipinski definition) is 3. The molecule has 1 saturated heterocycles. The van der Waals surface area contributed by atoms with Gasteiger partial charge in [-0.1, -0.05) is 6.07 Å². The summed E-state index contributed by atoms with van der Waals surface area (Å²) in [4.78, 5) is 14.0. The molecule has 0 radical (unpaired) electrons. The predicted molar refractivity (Wildman–Crippen MR) is 64.1 cm³/mol. The normalized spacial score (nSPS) is 19.4. The van der Waals surface area contributed by atoms with E-state index in [1.165, 1.54) is 0 Å². The van der Waals surface area contributed by atoms with Gasteiger partial charge in [-0.15, -0.1) is 0 Å². The summed E-state index contributed by atoms with van der Waals surface area (Å²) in [6.45, 7) is 1.52. The molecule has 0 saturated carbocycles. The molecule has 0 bridgehead atoms. The summed E-state index contributed by atoms with van der Waals surface area (Å²) >= 11 is 0. The zero-order valence-electron chi connectivity index (χ0n) is 9.93. The summed E-state index contributed by atoms with van der Waals surface area (Å²) in [7, 11) is 1.58. The Kier molecular flexibility index (Phi) is 3.64. The molecule has 4 heteroatoms. The van der Waals surface area contributed by atoms with Crippen molar-refractivity contribution in [1.29, 1.82) is 0 Å². The van der Waals surface area contributed by atoms with Crippen molar-refractivity contribution in [3.8, 4) is 5.75 Å². The predicted octanol–water partition coefficient (Wildman–Crippen LogP) is 1.15. The molecule has 1 heterocycles. The third kappa shape index (κ3) is 2.58. The zero-order chi connectivity index (χ0) is 12.3. The molecule has 1 amide bonds. The highest BCUT2D eigenvalue weighted by atomic mass is 16.5. The first kappa shape index (κ1) is 11.9. The highest BCUT2D eigenvalue weighted by molar-refractivity contribution is 5.94. The van der Waals surface area contributed by atoms with Crippen LogP contribution in [-0.4, -0.2) is 42.7 Å². The van der Waals surface area contributed by atoms with Crippen LogP contribution in [0.3, 0.4) is 0 Å². The van der Waals surface area contributed by atoms with Crippen LogP contribution in [0.15, 0.2) is 24.3 Å². The number of likely N-dealkylation sites (tertiary alicyclic amines) is 1. The number of methoxy groups -OCH3 is 1. The van der Waals surface area contributed by atoms with E-state index in [-0.39, 0.29) is 18.4 Å². The number of carbonyl (C=O) groups is 1. The van der Waals surface area contributed by atoms with E-state index in [1.54, 1.807) is 24.1 Å². The van der Waals surface area contributed by atoms with Crippen molar-refractivity contribution in [3.63, 3.8) is 0 Å². The van der Waals surface area contributed by atoms with Gasteiger partial charge >= 0.3 is 0 Å². The van der Waals surface area contributed by atoms with Crippen molar-refractivity contribution < 1.29 is 14.6 Å². The summed E-state index contributed by atoms with van der Waals surface area (Å²) in [5, 5.41) is 9.06. The second kappa shape index (κ2) is 5.19. The summed E-state index contributed by atoms with van der Waals surface area (Å²) < 4.78 is 5.10. The van der Waals surface area contributed by atoms with Crippen LogP contribution in [-0.2, 0) is 0 Å². The lowest BCUT2D eigenvalue weighted by molar-refractivity contribution is 0.0781. The van der Waals surface area contributed by atoms with Gasteiger partial charge < -0.3 is 14.7 Å². The molecule has 92 valence electrons. The molecule has 4 nitrogen and oxygen atoms in total. The maximum Gasteiger partial charge on any atom is 0.253 e. The molecule has 0 aliphatic carbocycles. The van der Waals surface area contributed by atoms with Gasteiger partial charge in [-0.25, -0.2) is 0 Å². The van der Waals surface area contributed by atoms with Crippen LogP contribution in [0.4, 0.5) is 0 Å². The van der Waals surface area contributed by atoms with Gasteiger partial charge in [0.05, 0.1) is 7.11 Å². The minimum absolute atomic E-state index is 0.0138. The van der Waals surface area contributed by atoms with E-state index in [0.29, 0.717) is 17.9 Å². The fourth-order valence-electron chi connectivity index (χ4n) is 2.10. The second-order valence-electron chi connectivity index (χ2n) is 4.32. The first-order chi connectivity index (χ1) is 8.24. The third-order valence-electron chi connectivity index (χ3n) is 3.15. The fourth-order valence-corrected chi connectivity index (χ4v) is 2.10. The molecule has 1 N–H and O–H groups in total. The molecule has 0 aromatic heterocycles. The van der Waals surface area contributed by atoms with Crippen LogP contribution in [0.25, 0.3) is 0 Å². The van der Waals surface area contributed by atoms with Crippen molar-refractivity contribution >= 4 is 5.91 Å². The van der Waals surface area contributed by atoms with E-state index < -0.39 is 0 Å². The minimum Gasteiger partial charge on any atom is -0.497 e. The largest absolute Gasteiger partial charge is 0.497 e. The van der Waals surface area contributed by atoms with Crippen molar-refractivity contribution in [2.24, 2.45) is 5.92 Å². The molecule has 1 aromatic rings. The summed E-state index contributed by atoms with van der Waals surface area (Å²) in [6, 6.07) is 7.16. The van der Waals surface area contributed by atoms with Crippen LogP contribution in [0.5, 0.6) is 5.75 Å². The Bertz CT molecular complexity index is 405. The maximum atomic E-state index is 12.2. The number of benzene rings is 1. The monoisotopic (exact) mass is 235 g/mol. The molecule has 1 aliphatic heterocycles. The van der Waals surface area contributed by atoms with Crippen LogP contribution < -0.4 is 4.74 Å². The summed E-state index contributed by atoms with van der Waals surface area (Å²) in [6.07, 6.45) is 0.881. The minimum atomic E-state index is 0.0138. The van der Waals surface area contributed by atoms with Crippen molar-refractivity contribution in [1.82, 2.24) is 4.90 Å². The van der Waals surface area contributed by atoms with Gasteiger partial charge in [0.1, 0.15) is 5.75 Å². The van der Waals surface area contributed by atoms with Gasteiger partial charge in [0, 0.05) is 31.2 Å². The molecule has 1 fully saturated rings. The lowest BCUT2D eigenvalue weighted by atomic mass is 10.1. The number of amides is 1. The average Bonchev–Trinajstić information content (AvgIpc) is 2.86. The molecule has 17 heavy (non-hydrogen) atoms. The molecule has 2 rings (SSSR count). The Balaban J connectivity index is 2.09. The molecule has 1 unspecified atom stereocenters. The van der Waals surface area contributed by atoms with Crippen LogP contribution >= 0.6 is 0 Å². The average molecular weight is 235 g/mol. The number of rotatable bonds is 3. The van der Waals surface area contributed by atoms with Gasteiger partial charge in [-0.2, -0.15) is 0 Å². The van der Waals surface area contributed by atoms with E-state index >= 15 is 0 Å². The quantitative estimate of drug-likeness (QED) is 0.855. The molecule has 1 aliphatic rings. The van der Waals surface area contributed by atoms with Crippen LogP contribution in [0.2, 0.25) is 0 Å². The number of aliphatic hydroxyl groups excluding tert-OH is 1. The molecule has 1 atom stereocenters. The Labute approximate surface area is 101 Å². The van der Waals surface area contributed by atoms with Crippen molar-refractivity contribution in [2.75, 3.05) is 26.8 Å². The first-order valence-corrected chi connectivity index (χ1v) is 5.78. The molecular formula is C13H17NO3. The number of aliphatic hydroxyl groups is 1. The van der Waals surface area contributed by atoms with Gasteiger partial charge in [0.2, 0.25) is 0 Å². The Morgan fingerprint density at radius 1 is 1.59 bits per heavy atom. The van der Waals surface area contributed by atoms with Crippen molar-refractivity contribution in [3.05, 3.63) is 29.8 Å². The zero-order valence-corrected chi connectivity index (χ0v) is 9.93. The standard InChI is InChI=1S/C13H17NO3/c1-17-12-4-2-3-11(7-12)13(16)14-6-5-10(8-14)9-15/h2-4,7,10,15H,5-6,8-9H2,1H3. The number of hydrogen-bond donors (Lipinski definition) is 1. The lowest BCUT2D eigenvalue weighted by Gasteiger charge is -2.16. The van der Waals surface area contributed by atoms with E-state index in [0.717, 1.165) is 13.0 Å². The number of ether oxygens (including phenoxy) is 1. The third-order valence-corrected chi connectivity index (χ3v) is 3.15. The van der Waals surface area contributed by atoms with Gasteiger partial charge in [0.15, 0.2) is 0 Å². The van der Waals surface area contributed by atoms with Gasteiger partial charge in [0.25, 0.3) is 5.91 Å². The van der Waals surface area contributed by atoms with E-state index in [1.807, 2.05) is 12.1 Å². The highest BCUT2D eigenvalue weighted by Gasteiger charge is 2.26. The second-order valence-corrected chi connectivity index (χ2v) is 4.32. The summed E-state index contributed by atoms with van der Waals surface area (Å²) in [5.74, 6) is 0.929. The highest BCUT2D eigenvalue weighted by Crippen LogP contribution is 2.20. The molecule has 1 aromatic carbocycles.